The van der Waals surface area contributed by atoms with Gasteiger partial charge in [-0.1, -0.05) is 36.4 Å². The summed E-state index contributed by atoms with van der Waals surface area (Å²) in [6.07, 6.45) is 0. The molecule has 0 fully saturated rings. The second-order valence-corrected chi connectivity index (χ2v) is 7.03. The van der Waals surface area contributed by atoms with E-state index in [1.54, 1.807) is 24.3 Å². The van der Waals surface area contributed by atoms with Crippen LogP contribution in [0.15, 0.2) is 72.8 Å². The zero-order valence-corrected chi connectivity index (χ0v) is 16.3. The van der Waals surface area contributed by atoms with Gasteiger partial charge in [0.1, 0.15) is 11.6 Å². The summed E-state index contributed by atoms with van der Waals surface area (Å²) in [5, 5.41) is 11.9. The van der Waals surface area contributed by atoms with Gasteiger partial charge in [-0.2, -0.15) is 5.26 Å². The monoisotopic (exact) mass is 398 g/mol. The van der Waals surface area contributed by atoms with Crippen LogP contribution in [0.5, 0.6) is 0 Å². The van der Waals surface area contributed by atoms with E-state index in [1.165, 1.54) is 12.1 Å². The second-order valence-electron chi connectivity index (χ2n) is 7.03. The summed E-state index contributed by atoms with van der Waals surface area (Å²) in [6, 6.07) is 22.7. The van der Waals surface area contributed by atoms with Gasteiger partial charge >= 0.3 is 0 Å². The Hall–Kier alpha value is -3.98. The minimum absolute atomic E-state index is 0.000830. The summed E-state index contributed by atoms with van der Waals surface area (Å²) in [7, 11) is 0. The molecule has 6 heteroatoms. The van der Waals surface area contributed by atoms with Crippen LogP contribution in [0.4, 0.5) is 4.39 Å². The molecule has 5 nitrogen and oxygen atoms in total. The smallest absolute Gasteiger partial charge is 0.254 e. The lowest BCUT2D eigenvalue weighted by Crippen LogP contribution is -2.29. The number of carbonyl (C=O) groups is 1. The number of benzene rings is 3. The molecule has 3 aromatic carbocycles. The largest absolute Gasteiger partial charge is 0.342 e. The highest BCUT2D eigenvalue weighted by molar-refractivity contribution is 5.94. The molecule has 1 aromatic heterocycles. The van der Waals surface area contributed by atoms with Crippen LogP contribution in [0, 0.1) is 17.1 Å². The number of nitrogens with zero attached hydrogens (tertiary/aromatic N) is 3. The predicted molar refractivity (Wildman–Crippen MR) is 112 cm³/mol. The highest BCUT2D eigenvalue weighted by Crippen LogP contribution is 2.23. The molecule has 0 radical (unpaired) electrons. The van der Waals surface area contributed by atoms with Crippen molar-refractivity contribution in [2.24, 2.45) is 0 Å². The first-order valence-electron chi connectivity index (χ1n) is 9.56. The lowest BCUT2D eigenvalue weighted by molar-refractivity contribution is 0.0933. The fourth-order valence-corrected chi connectivity index (χ4v) is 3.44. The SMILES string of the molecule is CC(NC(=O)c1ccccc1F)c1nc2ccccc2n1Cc1ccc(C#N)cc1. The molecule has 0 bridgehead atoms. The molecule has 0 spiro atoms. The molecule has 1 atom stereocenters. The number of hydrogen-bond acceptors (Lipinski definition) is 3. The zero-order chi connectivity index (χ0) is 21.1. The number of rotatable bonds is 5. The standard InChI is InChI=1S/C24H19FN4O/c1-16(27-24(30)19-6-2-3-7-20(19)25)23-28-21-8-4-5-9-22(21)29(23)15-18-12-10-17(14-26)11-13-18/h2-13,16H,15H2,1H3,(H,27,30). The van der Waals surface area contributed by atoms with Crippen LogP contribution in [0.1, 0.15) is 40.3 Å². The number of fused-ring (bicyclic) bond motifs is 1. The number of para-hydroxylation sites is 2. The lowest BCUT2D eigenvalue weighted by Gasteiger charge is -2.17. The first-order valence-corrected chi connectivity index (χ1v) is 9.56. The molecular weight excluding hydrogens is 379 g/mol. The van der Waals surface area contributed by atoms with Crippen molar-refractivity contribution in [2.75, 3.05) is 0 Å². The van der Waals surface area contributed by atoms with Crippen molar-refractivity contribution in [1.29, 1.82) is 5.26 Å². The maximum absolute atomic E-state index is 14.0. The van der Waals surface area contributed by atoms with E-state index in [-0.39, 0.29) is 5.56 Å². The van der Waals surface area contributed by atoms with Gasteiger partial charge in [-0.25, -0.2) is 9.37 Å². The predicted octanol–water partition coefficient (Wildman–Crippen LogP) is 4.59. The van der Waals surface area contributed by atoms with Crippen molar-refractivity contribution < 1.29 is 9.18 Å². The van der Waals surface area contributed by atoms with Crippen LogP contribution in [-0.2, 0) is 6.54 Å². The average molecular weight is 398 g/mol. The molecular formula is C24H19FN4O. The number of aromatic nitrogens is 2. The number of hydrogen-bond donors (Lipinski definition) is 1. The molecule has 0 aliphatic carbocycles. The van der Waals surface area contributed by atoms with Crippen molar-refractivity contribution in [3.05, 3.63) is 101 Å². The van der Waals surface area contributed by atoms with Gasteiger partial charge in [-0.3, -0.25) is 4.79 Å². The van der Waals surface area contributed by atoms with Crippen LogP contribution in [-0.4, -0.2) is 15.5 Å². The summed E-state index contributed by atoms with van der Waals surface area (Å²) in [5.74, 6) is -0.379. The first-order chi connectivity index (χ1) is 14.6. The molecule has 30 heavy (non-hydrogen) atoms. The fraction of sp³-hybridized carbons (Fsp3) is 0.125. The van der Waals surface area contributed by atoms with E-state index in [4.69, 9.17) is 10.2 Å². The van der Waals surface area contributed by atoms with E-state index in [1.807, 2.05) is 47.9 Å². The Bertz CT molecular complexity index is 1250. The van der Waals surface area contributed by atoms with Gasteiger partial charge in [0, 0.05) is 6.54 Å². The van der Waals surface area contributed by atoms with Gasteiger partial charge < -0.3 is 9.88 Å². The van der Waals surface area contributed by atoms with Crippen molar-refractivity contribution >= 4 is 16.9 Å². The van der Waals surface area contributed by atoms with Crippen LogP contribution in [0.3, 0.4) is 0 Å². The molecule has 4 aromatic rings. The fourth-order valence-electron chi connectivity index (χ4n) is 3.44. The van der Waals surface area contributed by atoms with E-state index >= 15 is 0 Å². The Kier molecular flexibility index (Phi) is 5.27. The molecule has 0 saturated carbocycles. The Morgan fingerprint density at radius 2 is 1.80 bits per heavy atom. The van der Waals surface area contributed by atoms with E-state index in [9.17, 15) is 9.18 Å². The first kappa shape index (κ1) is 19.3. The molecule has 0 aliphatic rings. The Balaban J connectivity index is 1.67. The summed E-state index contributed by atoms with van der Waals surface area (Å²) in [4.78, 5) is 17.3. The number of carbonyl (C=O) groups excluding carboxylic acids is 1. The zero-order valence-electron chi connectivity index (χ0n) is 16.3. The lowest BCUT2D eigenvalue weighted by atomic mass is 10.1. The number of nitriles is 1. The molecule has 1 unspecified atom stereocenters. The Labute approximate surface area is 173 Å². The maximum Gasteiger partial charge on any atom is 0.254 e. The van der Waals surface area contributed by atoms with E-state index in [2.05, 4.69) is 11.4 Å². The van der Waals surface area contributed by atoms with Gasteiger partial charge in [-0.15, -0.1) is 0 Å². The third-order valence-electron chi connectivity index (χ3n) is 4.96. The number of amides is 1. The van der Waals surface area contributed by atoms with Crippen LogP contribution in [0.25, 0.3) is 11.0 Å². The van der Waals surface area contributed by atoms with Crippen molar-refractivity contribution in [3.8, 4) is 6.07 Å². The highest BCUT2D eigenvalue weighted by Gasteiger charge is 2.20. The van der Waals surface area contributed by atoms with Crippen LogP contribution < -0.4 is 5.32 Å². The minimum atomic E-state index is -0.562. The maximum atomic E-state index is 14.0. The Morgan fingerprint density at radius 1 is 1.10 bits per heavy atom. The quantitative estimate of drug-likeness (QED) is 0.535. The number of nitrogens with one attached hydrogen (secondary N) is 1. The highest BCUT2D eigenvalue weighted by atomic mass is 19.1. The van der Waals surface area contributed by atoms with Crippen molar-refractivity contribution in [2.45, 2.75) is 19.5 Å². The third-order valence-corrected chi connectivity index (χ3v) is 4.96. The van der Waals surface area contributed by atoms with E-state index < -0.39 is 17.8 Å². The Morgan fingerprint density at radius 3 is 2.53 bits per heavy atom. The molecule has 1 heterocycles. The summed E-state index contributed by atoms with van der Waals surface area (Å²) in [5.41, 5.74) is 3.35. The molecule has 1 N–H and O–H groups in total. The molecule has 148 valence electrons. The molecule has 1 amide bonds. The number of halogens is 1. The summed E-state index contributed by atoms with van der Waals surface area (Å²) < 4.78 is 16.0. The molecule has 4 rings (SSSR count). The van der Waals surface area contributed by atoms with Gasteiger partial charge in [0.05, 0.1) is 34.3 Å². The van der Waals surface area contributed by atoms with Gasteiger partial charge in [0.25, 0.3) is 5.91 Å². The summed E-state index contributed by atoms with van der Waals surface area (Å²) >= 11 is 0. The third kappa shape index (κ3) is 3.78. The van der Waals surface area contributed by atoms with Gasteiger partial charge in [-0.05, 0) is 48.9 Å². The average Bonchev–Trinajstić information content (AvgIpc) is 3.13. The van der Waals surface area contributed by atoms with Crippen molar-refractivity contribution in [1.82, 2.24) is 14.9 Å². The normalized spacial score (nSPS) is 11.8. The van der Waals surface area contributed by atoms with E-state index in [0.29, 0.717) is 17.9 Å². The van der Waals surface area contributed by atoms with Crippen LogP contribution >= 0.6 is 0 Å². The second kappa shape index (κ2) is 8.18. The summed E-state index contributed by atoms with van der Waals surface area (Å²) in [6.45, 7) is 2.36. The minimum Gasteiger partial charge on any atom is -0.342 e. The van der Waals surface area contributed by atoms with Crippen molar-refractivity contribution in [3.63, 3.8) is 0 Å². The molecule has 0 aliphatic heterocycles. The topological polar surface area (TPSA) is 70.7 Å². The van der Waals surface area contributed by atoms with Gasteiger partial charge in [0.2, 0.25) is 0 Å². The van der Waals surface area contributed by atoms with Gasteiger partial charge in [0.15, 0.2) is 0 Å². The number of imidazole rings is 1. The van der Waals surface area contributed by atoms with Crippen LogP contribution in [0.2, 0.25) is 0 Å². The molecule has 0 saturated heterocycles. The van der Waals surface area contributed by atoms with E-state index in [0.717, 1.165) is 16.6 Å².